The largest absolute Gasteiger partial charge is 0.461 e. The second kappa shape index (κ2) is 9.00. The number of carbonyl (C=O) groups is 2. The van der Waals surface area contributed by atoms with E-state index < -0.39 is 0 Å². The van der Waals surface area contributed by atoms with Crippen molar-refractivity contribution in [3.63, 3.8) is 0 Å². The predicted molar refractivity (Wildman–Crippen MR) is 109 cm³/mol. The van der Waals surface area contributed by atoms with Gasteiger partial charge in [-0.25, -0.2) is 0 Å². The van der Waals surface area contributed by atoms with Gasteiger partial charge < -0.3 is 24.1 Å². The number of carbonyl (C=O) groups excluding carboxylic acids is 2. The average Bonchev–Trinajstić information content (AvgIpc) is 3.28. The molecular formula is C19H29N6O3S+. The third kappa shape index (κ3) is 5.83. The summed E-state index contributed by atoms with van der Waals surface area (Å²) < 4.78 is 7.19. The lowest BCUT2D eigenvalue weighted by Gasteiger charge is -2.32. The van der Waals surface area contributed by atoms with Crippen LogP contribution in [0.25, 0.3) is 11.6 Å². The summed E-state index contributed by atoms with van der Waals surface area (Å²) in [7, 11) is 1.86. The number of aromatic nitrogens is 3. The number of rotatable bonds is 6. The Kier molecular flexibility index (Phi) is 6.63. The fraction of sp³-hybridized carbons (Fsp3) is 0.579. The van der Waals surface area contributed by atoms with Crippen LogP contribution in [0.2, 0.25) is 0 Å². The molecule has 9 nitrogen and oxygen atoms in total. The molecule has 2 aromatic rings. The third-order valence-electron chi connectivity index (χ3n) is 4.65. The van der Waals surface area contributed by atoms with Gasteiger partial charge in [-0.1, -0.05) is 11.8 Å². The van der Waals surface area contributed by atoms with Crippen LogP contribution in [0.3, 0.4) is 0 Å². The van der Waals surface area contributed by atoms with Gasteiger partial charge in [-0.2, -0.15) is 0 Å². The van der Waals surface area contributed by atoms with Crippen LogP contribution >= 0.6 is 11.8 Å². The Balaban J connectivity index is 1.44. The van der Waals surface area contributed by atoms with Crippen LogP contribution in [0.15, 0.2) is 28.0 Å². The molecule has 0 bridgehead atoms. The summed E-state index contributed by atoms with van der Waals surface area (Å²) in [5.41, 5.74) is -0.220. The van der Waals surface area contributed by atoms with Gasteiger partial charge in [0.2, 0.25) is 5.91 Å². The van der Waals surface area contributed by atoms with Gasteiger partial charge in [0.15, 0.2) is 23.3 Å². The summed E-state index contributed by atoms with van der Waals surface area (Å²) in [5, 5.41) is 12.0. The summed E-state index contributed by atoms with van der Waals surface area (Å²) in [6.07, 6.45) is 1.59. The van der Waals surface area contributed by atoms with E-state index in [0.717, 1.165) is 13.1 Å². The van der Waals surface area contributed by atoms with Crippen molar-refractivity contribution in [2.24, 2.45) is 7.05 Å². The van der Waals surface area contributed by atoms with Gasteiger partial charge in [0, 0.05) is 12.6 Å². The Hall–Kier alpha value is -2.33. The van der Waals surface area contributed by atoms with E-state index in [0.29, 0.717) is 42.1 Å². The van der Waals surface area contributed by atoms with E-state index in [1.165, 1.54) is 16.7 Å². The number of hydrogen-bond donors (Lipinski definition) is 2. The van der Waals surface area contributed by atoms with Crippen molar-refractivity contribution in [1.29, 1.82) is 0 Å². The van der Waals surface area contributed by atoms with Gasteiger partial charge >= 0.3 is 0 Å². The molecule has 158 valence electrons. The lowest BCUT2D eigenvalue weighted by Crippen LogP contribution is -3.16. The zero-order valence-corrected chi connectivity index (χ0v) is 18.2. The Bertz CT molecular complexity index is 835. The first kappa shape index (κ1) is 21.4. The van der Waals surface area contributed by atoms with Crippen molar-refractivity contribution in [2.45, 2.75) is 31.5 Å². The number of amides is 2. The van der Waals surface area contributed by atoms with Crippen LogP contribution in [-0.4, -0.2) is 75.5 Å². The third-order valence-corrected chi connectivity index (χ3v) is 5.65. The first-order valence-corrected chi connectivity index (χ1v) is 10.7. The number of quaternary nitrogens is 1. The summed E-state index contributed by atoms with van der Waals surface area (Å²) in [4.78, 5) is 27.7. The first-order chi connectivity index (χ1) is 13.7. The molecule has 2 aromatic heterocycles. The monoisotopic (exact) mass is 421 g/mol. The molecule has 3 rings (SSSR count). The molecule has 1 aliphatic rings. The second-order valence-corrected chi connectivity index (χ2v) is 9.18. The van der Waals surface area contributed by atoms with E-state index in [-0.39, 0.29) is 17.4 Å². The Morgan fingerprint density at radius 3 is 2.62 bits per heavy atom. The van der Waals surface area contributed by atoms with E-state index in [2.05, 4.69) is 15.5 Å². The highest BCUT2D eigenvalue weighted by Crippen LogP contribution is 2.23. The van der Waals surface area contributed by atoms with Gasteiger partial charge in [-0.3, -0.25) is 9.59 Å². The van der Waals surface area contributed by atoms with Crippen molar-refractivity contribution in [1.82, 2.24) is 25.0 Å². The number of piperazine rings is 1. The SMILES string of the molecule is Cn1c(SCC(=O)N2CC[NH+](CC(=O)NC(C)(C)C)CC2)nnc1-c1ccco1. The van der Waals surface area contributed by atoms with E-state index >= 15 is 0 Å². The number of furan rings is 1. The van der Waals surface area contributed by atoms with Gasteiger partial charge in [0.05, 0.1) is 38.2 Å². The molecule has 1 aliphatic heterocycles. The Morgan fingerprint density at radius 1 is 1.28 bits per heavy atom. The van der Waals surface area contributed by atoms with E-state index in [4.69, 9.17) is 4.42 Å². The van der Waals surface area contributed by atoms with Gasteiger partial charge in [-0.05, 0) is 32.9 Å². The lowest BCUT2D eigenvalue weighted by molar-refractivity contribution is -0.896. The topological polar surface area (TPSA) is 97.7 Å². The average molecular weight is 422 g/mol. The van der Waals surface area contributed by atoms with E-state index in [1.54, 1.807) is 12.3 Å². The molecule has 0 saturated carbocycles. The van der Waals surface area contributed by atoms with Crippen LogP contribution in [0.5, 0.6) is 0 Å². The van der Waals surface area contributed by atoms with Crippen LogP contribution in [0.4, 0.5) is 0 Å². The van der Waals surface area contributed by atoms with Crippen LogP contribution in [0, 0.1) is 0 Å². The molecule has 3 heterocycles. The minimum atomic E-state index is -0.220. The maximum Gasteiger partial charge on any atom is 0.275 e. The van der Waals surface area contributed by atoms with Crippen LogP contribution < -0.4 is 10.2 Å². The highest BCUT2D eigenvalue weighted by Gasteiger charge is 2.26. The van der Waals surface area contributed by atoms with Crippen LogP contribution in [0.1, 0.15) is 20.8 Å². The van der Waals surface area contributed by atoms with Crippen molar-refractivity contribution in [3.8, 4) is 11.6 Å². The predicted octanol–water partition coefficient (Wildman–Crippen LogP) is -0.191. The molecule has 0 atom stereocenters. The van der Waals surface area contributed by atoms with Gasteiger partial charge in [0.1, 0.15) is 0 Å². The first-order valence-electron chi connectivity index (χ1n) is 9.71. The summed E-state index contributed by atoms with van der Waals surface area (Å²) in [5.74, 6) is 1.72. The number of nitrogens with zero attached hydrogens (tertiary/aromatic N) is 4. The quantitative estimate of drug-likeness (QED) is 0.628. The Labute approximate surface area is 174 Å². The van der Waals surface area contributed by atoms with Crippen LogP contribution in [-0.2, 0) is 16.6 Å². The minimum Gasteiger partial charge on any atom is -0.461 e. The Morgan fingerprint density at radius 2 is 2.00 bits per heavy atom. The lowest BCUT2D eigenvalue weighted by atomic mass is 10.1. The zero-order chi connectivity index (χ0) is 21.0. The van der Waals surface area contributed by atoms with Crippen molar-refractivity contribution in [2.75, 3.05) is 38.5 Å². The molecule has 0 radical (unpaired) electrons. The molecule has 0 unspecified atom stereocenters. The molecule has 0 spiro atoms. The molecule has 10 heteroatoms. The molecule has 0 aromatic carbocycles. The summed E-state index contributed by atoms with van der Waals surface area (Å²) in [6, 6.07) is 3.63. The molecule has 29 heavy (non-hydrogen) atoms. The molecular weight excluding hydrogens is 392 g/mol. The van der Waals surface area contributed by atoms with Crippen molar-refractivity contribution < 1.29 is 18.9 Å². The number of nitrogens with one attached hydrogen (secondary N) is 2. The number of thioether (sulfide) groups is 1. The summed E-state index contributed by atoms with van der Waals surface area (Å²) >= 11 is 1.37. The highest BCUT2D eigenvalue weighted by molar-refractivity contribution is 7.99. The summed E-state index contributed by atoms with van der Waals surface area (Å²) in [6.45, 7) is 9.25. The highest BCUT2D eigenvalue weighted by atomic mass is 32.2. The van der Waals surface area contributed by atoms with E-state index in [1.807, 2.05) is 43.4 Å². The fourth-order valence-corrected chi connectivity index (χ4v) is 4.03. The standard InChI is InChI=1S/C19H28N6O3S/c1-19(2,3)20-15(26)12-24-7-9-25(10-8-24)16(27)13-29-18-22-21-17(23(18)4)14-6-5-11-28-14/h5-6,11H,7-10,12-13H2,1-4H3,(H,20,26)/p+1. The second-order valence-electron chi connectivity index (χ2n) is 8.24. The maximum atomic E-state index is 12.6. The molecule has 2 amide bonds. The fourth-order valence-electron chi connectivity index (χ4n) is 3.22. The molecule has 0 aliphatic carbocycles. The van der Waals surface area contributed by atoms with Gasteiger partial charge in [0.25, 0.3) is 5.91 Å². The van der Waals surface area contributed by atoms with Gasteiger partial charge in [-0.15, -0.1) is 10.2 Å². The smallest absolute Gasteiger partial charge is 0.275 e. The van der Waals surface area contributed by atoms with Crippen molar-refractivity contribution in [3.05, 3.63) is 18.4 Å². The normalized spacial score (nSPS) is 15.5. The van der Waals surface area contributed by atoms with Crippen molar-refractivity contribution >= 4 is 23.6 Å². The van der Waals surface area contributed by atoms with E-state index in [9.17, 15) is 9.59 Å². The maximum absolute atomic E-state index is 12.6. The molecule has 1 fully saturated rings. The molecule has 2 N–H and O–H groups in total. The molecule has 1 saturated heterocycles. The minimum absolute atomic E-state index is 0.0532. The number of hydrogen-bond acceptors (Lipinski definition) is 6. The zero-order valence-electron chi connectivity index (χ0n) is 17.4.